The number of amidine groups is 2. The van der Waals surface area contributed by atoms with Gasteiger partial charge >= 0.3 is 5.97 Å². The van der Waals surface area contributed by atoms with Crippen LogP contribution in [0.4, 0.5) is 22.9 Å². The zero-order valence-corrected chi connectivity index (χ0v) is 25.4. The summed E-state index contributed by atoms with van der Waals surface area (Å²) in [5.41, 5.74) is 7.22. The third kappa shape index (κ3) is 5.16. The van der Waals surface area contributed by atoms with Crippen LogP contribution in [0, 0.1) is 6.92 Å². The highest BCUT2D eigenvalue weighted by Gasteiger charge is 2.41. The molecule has 9 heteroatoms. The van der Waals surface area contributed by atoms with Crippen molar-refractivity contribution in [3.63, 3.8) is 0 Å². The molecule has 2 aliphatic rings. The number of nitrogens with one attached hydrogen (secondary N) is 1. The van der Waals surface area contributed by atoms with Gasteiger partial charge in [-0.1, -0.05) is 55.8 Å². The number of aromatic nitrogens is 3. The summed E-state index contributed by atoms with van der Waals surface area (Å²) >= 11 is 0. The van der Waals surface area contributed by atoms with Crippen LogP contribution < -0.4 is 10.2 Å². The lowest BCUT2D eigenvalue weighted by atomic mass is 9.92. The Hall–Kier alpha value is -5.57. The van der Waals surface area contributed by atoms with E-state index in [9.17, 15) is 4.79 Å². The second kappa shape index (κ2) is 11.8. The van der Waals surface area contributed by atoms with Crippen LogP contribution in [0.1, 0.15) is 58.5 Å². The fourth-order valence-electron chi connectivity index (χ4n) is 5.94. The first-order chi connectivity index (χ1) is 22.1. The second-order valence-electron chi connectivity index (χ2n) is 11.1. The Morgan fingerprint density at radius 2 is 1.71 bits per heavy atom. The van der Waals surface area contributed by atoms with Crippen molar-refractivity contribution in [2.75, 3.05) is 17.3 Å². The van der Waals surface area contributed by atoms with Gasteiger partial charge in [-0.3, -0.25) is 0 Å². The van der Waals surface area contributed by atoms with Gasteiger partial charge in [0.05, 0.1) is 35.8 Å². The molecule has 5 aromatic rings. The van der Waals surface area contributed by atoms with E-state index in [0.29, 0.717) is 28.9 Å². The number of aliphatic imine (C=N–C) groups is 2. The molecule has 45 heavy (non-hydrogen) atoms. The van der Waals surface area contributed by atoms with Crippen LogP contribution in [-0.4, -0.2) is 39.5 Å². The molecule has 0 bridgehead atoms. The Morgan fingerprint density at radius 3 is 2.44 bits per heavy atom. The molecule has 0 saturated heterocycles. The maximum atomic E-state index is 12.3. The molecule has 0 aliphatic carbocycles. The third-order valence-electron chi connectivity index (χ3n) is 8.19. The first-order valence-corrected chi connectivity index (χ1v) is 15.2. The number of methoxy groups -OCH3 is 1. The second-order valence-corrected chi connectivity index (χ2v) is 11.1. The topological polar surface area (TPSA) is 97.0 Å². The van der Waals surface area contributed by atoms with Gasteiger partial charge in [0.2, 0.25) is 0 Å². The number of nitrogens with zero attached hydrogens (tertiary/aromatic N) is 6. The lowest BCUT2D eigenvalue weighted by molar-refractivity contribution is 0.0600. The number of esters is 1. The SMILES string of the molecule is CCCCc1ccc(NC2=Nc3ccccc3N3C2=Nc2c(c(C)nn2-c2ccccn2)[C@@H]3c2ccc(C(=O)OC)cc2)cc1. The number of unbranched alkanes of at least 4 members (excludes halogenated alkanes) is 1. The minimum atomic E-state index is -0.380. The summed E-state index contributed by atoms with van der Waals surface area (Å²) in [5.74, 6) is 2.27. The highest BCUT2D eigenvalue weighted by atomic mass is 16.5. The van der Waals surface area contributed by atoms with Gasteiger partial charge in [0.15, 0.2) is 23.3 Å². The fraction of sp³-hybridized carbons (Fsp3) is 0.194. The molecule has 9 nitrogen and oxygen atoms in total. The minimum absolute atomic E-state index is 0.318. The molecular weight excluding hydrogens is 562 g/mol. The standard InChI is InChI=1S/C36H33N7O2/c1-4-5-10-24-14-20-27(21-15-24)38-33-35-40-34-31(23(2)41-43(34)30-13-8-9-22-37-30)32(25-16-18-26(19-17-25)36(44)45-3)42(35)29-12-7-6-11-28(29)39-33/h6-9,11-22,32H,4-5,10H2,1-3H3,(H,38,39)/t32-/m0/s1. The molecule has 7 rings (SSSR count). The van der Waals surface area contributed by atoms with Crippen molar-refractivity contribution < 1.29 is 9.53 Å². The number of fused-ring (bicyclic) bond motifs is 4. The maximum absolute atomic E-state index is 12.3. The average molecular weight is 596 g/mol. The van der Waals surface area contributed by atoms with Crippen molar-refractivity contribution in [1.82, 2.24) is 14.8 Å². The number of rotatable bonds is 7. The van der Waals surface area contributed by atoms with E-state index in [1.54, 1.807) is 23.0 Å². The number of anilines is 2. The molecular formula is C36H33N7O2. The summed E-state index contributed by atoms with van der Waals surface area (Å²) < 4.78 is 6.76. The molecule has 0 spiro atoms. The van der Waals surface area contributed by atoms with Crippen molar-refractivity contribution >= 4 is 40.5 Å². The zero-order chi connectivity index (χ0) is 30.9. The number of carbonyl (C=O) groups excluding carboxylic acids is 1. The predicted octanol–water partition coefficient (Wildman–Crippen LogP) is 7.50. The van der Waals surface area contributed by atoms with E-state index in [-0.39, 0.29) is 12.0 Å². The van der Waals surface area contributed by atoms with E-state index in [1.165, 1.54) is 12.7 Å². The molecule has 0 radical (unpaired) electrons. The summed E-state index contributed by atoms with van der Waals surface area (Å²) in [7, 11) is 1.39. The smallest absolute Gasteiger partial charge is 0.337 e. The molecule has 4 heterocycles. The van der Waals surface area contributed by atoms with Crippen LogP contribution in [-0.2, 0) is 11.2 Å². The Kier molecular flexibility index (Phi) is 7.42. The normalized spacial score (nSPS) is 14.9. The Balaban J connectivity index is 1.41. The van der Waals surface area contributed by atoms with Crippen LogP contribution in [0.5, 0.6) is 0 Å². The van der Waals surface area contributed by atoms with Gasteiger partial charge in [0, 0.05) is 17.4 Å². The molecule has 0 saturated carbocycles. The molecule has 224 valence electrons. The van der Waals surface area contributed by atoms with Crippen LogP contribution in [0.2, 0.25) is 0 Å². The van der Waals surface area contributed by atoms with Gasteiger partial charge in [-0.05, 0) is 79.4 Å². The largest absolute Gasteiger partial charge is 0.465 e. The number of hydrogen-bond donors (Lipinski definition) is 1. The third-order valence-corrected chi connectivity index (χ3v) is 8.19. The number of aryl methyl sites for hydroxylation is 2. The van der Waals surface area contributed by atoms with E-state index >= 15 is 0 Å². The lowest BCUT2D eigenvalue weighted by Crippen LogP contribution is -2.46. The van der Waals surface area contributed by atoms with E-state index in [4.69, 9.17) is 19.8 Å². The molecule has 0 amide bonds. The first kappa shape index (κ1) is 28.2. The Labute approximate surface area is 261 Å². The Bertz CT molecular complexity index is 1930. The predicted molar refractivity (Wildman–Crippen MR) is 178 cm³/mol. The number of ether oxygens (including phenoxy) is 1. The van der Waals surface area contributed by atoms with E-state index in [0.717, 1.165) is 53.1 Å². The van der Waals surface area contributed by atoms with Crippen molar-refractivity contribution in [2.45, 2.75) is 39.2 Å². The van der Waals surface area contributed by atoms with E-state index < -0.39 is 0 Å². The van der Waals surface area contributed by atoms with Gasteiger partial charge in [-0.25, -0.2) is 19.8 Å². The van der Waals surface area contributed by atoms with Crippen LogP contribution >= 0.6 is 0 Å². The monoisotopic (exact) mass is 595 g/mol. The summed E-state index contributed by atoms with van der Waals surface area (Å²) in [6.07, 6.45) is 5.13. The number of para-hydroxylation sites is 2. The fourth-order valence-corrected chi connectivity index (χ4v) is 5.94. The van der Waals surface area contributed by atoms with E-state index in [1.807, 2.05) is 55.5 Å². The molecule has 2 aromatic heterocycles. The van der Waals surface area contributed by atoms with Crippen molar-refractivity contribution in [3.05, 3.63) is 125 Å². The quantitative estimate of drug-likeness (QED) is 0.196. The lowest BCUT2D eigenvalue weighted by Gasteiger charge is -2.40. The van der Waals surface area contributed by atoms with Crippen molar-refractivity contribution in [1.29, 1.82) is 0 Å². The number of carbonyl (C=O) groups is 1. The van der Waals surface area contributed by atoms with Gasteiger partial charge in [0.1, 0.15) is 0 Å². The summed E-state index contributed by atoms with van der Waals surface area (Å²) in [6.45, 7) is 4.21. The highest BCUT2D eigenvalue weighted by Crippen LogP contribution is 2.48. The van der Waals surface area contributed by atoms with Crippen molar-refractivity contribution in [3.8, 4) is 5.82 Å². The van der Waals surface area contributed by atoms with Gasteiger partial charge in [-0.2, -0.15) is 9.78 Å². The molecule has 0 unspecified atom stereocenters. The average Bonchev–Trinajstić information content (AvgIpc) is 3.43. The summed E-state index contributed by atoms with van der Waals surface area (Å²) in [5, 5.41) is 8.52. The van der Waals surface area contributed by atoms with Gasteiger partial charge in [0.25, 0.3) is 0 Å². The maximum Gasteiger partial charge on any atom is 0.337 e. The van der Waals surface area contributed by atoms with Crippen LogP contribution in [0.3, 0.4) is 0 Å². The molecule has 3 aromatic carbocycles. The molecule has 1 atom stereocenters. The number of hydrogen-bond acceptors (Lipinski definition) is 8. The number of benzene rings is 3. The highest BCUT2D eigenvalue weighted by molar-refractivity contribution is 6.51. The van der Waals surface area contributed by atoms with E-state index in [2.05, 4.69) is 52.5 Å². The zero-order valence-electron chi connectivity index (χ0n) is 25.4. The van der Waals surface area contributed by atoms with Crippen LogP contribution in [0.25, 0.3) is 5.82 Å². The molecule has 0 fully saturated rings. The van der Waals surface area contributed by atoms with Gasteiger partial charge in [-0.15, -0.1) is 0 Å². The van der Waals surface area contributed by atoms with Crippen LogP contribution in [0.15, 0.2) is 107 Å². The molecule has 2 aliphatic heterocycles. The molecule has 1 N–H and O–H groups in total. The Morgan fingerprint density at radius 1 is 0.933 bits per heavy atom. The number of pyridine rings is 1. The summed E-state index contributed by atoms with van der Waals surface area (Å²) in [6, 6.07) is 29.6. The first-order valence-electron chi connectivity index (χ1n) is 15.2. The minimum Gasteiger partial charge on any atom is -0.465 e. The van der Waals surface area contributed by atoms with Crippen molar-refractivity contribution in [2.24, 2.45) is 9.98 Å². The summed E-state index contributed by atoms with van der Waals surface area (Å²) in [4.78, 5) is 29.5. The van der Waals surface area contributed by atoms with Gasteiger partial charge < -0.3 is 15.0 Å².